The summed E-state index contributed by atoms with van der Waals surface area (Å²) < 4.78 is 39.3. The van der Waals surface area contributed by atoms with Crippen LogP contribution in [0, 0.1) is 11.6 Å². The average Bonchev–Trinajstić information content (AvgIpc) is 3.46. The predicted octanol–water partition coefficient (Wildman–Crippen LogP) is 5.66. The van der Waals surface area contributed by atoms with Crippen molar-refractivity contribution < 1.29 is 27.8 Å². The third-order valence-corrected chi connectivity index (χ3v) is 8.23. The summed E-state index contributed by atoms with van der Waals surface area (Å²) in [5.74, 6) is -1.77. The van der Waals surface area contributed by atoms with Crippen molar-refractivity contribution in [1.82, 2.24) is 15.3 Å². The molecule has 9 nitrogen and oxygen atoms in total. The summed E-state index contributed by atoms with van der Waals surface area (Å²) >= 11 is 1.58. The van der Waals surface area contributed by atoms with Gasteiger partial charge in [0, 0.05) is 63.4 Å². The molecule has 44 heavy (non-hydrogen) atoms. The van der Waals surface area contributed by atoms with Gasteiger partial charge in [-0.15, -0.1) is 11.8 Å². The number of halogens is 2. The minimum Gasteiger partial charge on any atom is -0.453 e. The fraction of sp³-hybridized carbons (Fsp3) is 0.250. The maximum Gasteiger partial charge on any atom is 0.236 e. The number of pyridine rings is 2. The smallest absolute Gasteiger partial charge is 0.236 e. The van der Waals surface area contributed by atoms with Crippen molar-refractivity contribution in [2.45, 2.75) is 29.5 Å². The lowest BCUT2D eigenvalue weighted by molar-refractivity contribution is -0.125. The van der Waals surface area contributed by atoms with E-state index in [2.05, 4.69) is 15.6 Å². The van der Waals surface area contributed by atoms with Crippen molar-refractivity contribution in [1.29, 1.82) is 0 Å². The molecule has 0 aliphatic carbocycles. The molecule has 4 aromatic rings. The molecule has 0 radical (unpaired) electrons. The summed E-state index contributed by atoms with van der Waals surface area (Å²) in [7, 11) is 3.15. The number of nitrogens with zero attached hydrogens (tertiary/aromatic N) is 3. The summed E-state index contributed by atoms with van der Waals surface area (Å²) in [6.07, 6.45) is 1.82. The van der Waals surface area contributed by atoms with Gasteiger partial charge in [-0.05, 0) is 48.5 Å². The minimum absolute atomic E-state index is 0.0187. The third kappa shape index (κ3) is 7.76. The van der Waals surface area contributed by atoms with Crippen LogP contribution in [0.4, 0.5) is 20.2 Å². The van der Waals surface area contributed by atoms with Crippen molar-refractivity contribution >= 4 is 35.0 Å². The van der Waals surface area contributed by atoms with Crippen LogP contribution in [0.3, 0.4) is 0 Å². The summed E-state index contributed by atoms with van der Waals surface area (Å²) in [5, 5.41) is 5.87. The van der Waals surface area contributed by atoms with Gasteiger partial charge < -0.3 is 25.0 Å². The Balaban J connectivity index is 1.20. The SMILES string of the molecule is COCCNCc1cccc(C2Cc3nccc(Oc4ccc(NC(=O)CC(=O)N(C)c5ccc(F)cc5)cc4F)c3S2)n1. The molecule has 1 aliphatic heterocycles. The highest BCUT2D eigenvalue weighted by molar-refractivity contribution is 8.00. The number of thioether (sulfide) groups is 1. The highest BCUT2D eigenvalue weighted by Crippen LogP contribution is 2.50. The normalized spacial score (nSPS) is 13.8. The largest absolute Gasteiger partial charge is 0.453 e. The van der Waals surface area contributed by atoms with Gasteiger partial charge in [0.2, 0.25) is 11.8 Å². The van der Waals surface area contributed by atoms with Crippen LogP contribution in [0.15, 0.2) is 77.8 Å². The van der Waals surface area contributed by atoms with Crippen LogP contribution in [0.2, 0.25) is 0 Å². The van der Waals surface area contributed by atoms with Crippen molar-refractivity contribution in [3.05, 3.63) is 102 Å². The lowest BCUT2D eigenvalue weighted by Crippen LogP contribution is -2.30. The van der Waals surface area contributed by atoms with Crippen LogP contribution < -0.4 is 20.3 Å². The molecule has 5 rings (SSSR count). The number of amides is 2. The van der Waals surface area contributed by atoms with Gasteiger partial charge in [0.1, 0.15) is 18.0 Å². The Labute approximate surface area is 258 Å². The lowest BCUT2D eigenvalue weighted by Gasteiger charge is -2.17. The Kier molecular flexibility index (Phi) is 10.2. The molecule has 2 aromatic carbocycles. The van der Waals surface area contributed by atoms with Gasteiger partial charge in [-0.25, -0.2) is 8.78 Å². The van der Waals surface area contributed by atoms with E-state index in [9.17, 15) is 14.0 Å². The molecule has 2 N–H and O–H groups in total. The summed E-state index contributed by atoms with van der Waals surface area (Å²) in [4.78, 5) is 36.4. The van der Waals surface area contributed by atoms with E-state index in [-0.39, 0.29) is 16.7 Å². The molecule has 0 fully saturated rings. The fourth-order valence-electron chi connectivity index (χ4n) is 4.56. The second kappa shape index (κ2) is 14.4. The third-order valence-electron chi connectivity index (χ3n) is 6.86. The Morgan fingerprint density at radius 1 is 1.07 bits per heavy atom. The molecule has 0 bridgehead atoms. The van der Waals surface area contributed by atoms with Gasteiger partial charge in [-0.2, -0.15) is 0 Å². The zero-order valence-corrected chi connectivity index (χ0v) is 25.0. The van der Waals surface area contributed by atoms with E-state index < -0.39 is 29.9 Å². The van der Waals surface area contributed by atoms with Crippen LogP contribution >= 0.6 is 11.8 Å². The number of benzene rings is 2. The molecule has 2 amide bonds. The van der Waals surface area contributed by atoms with Crippen molar-refractivity contribution in [3.8, 4) is 11.5 Å². The molecule has 3 heterocycles. The predicted molar refractivity (Wildman–Crippen MR) is 164 cm³/mol. The van der Waals surface area contributed by atoms with Crippen LogP contribution in [-0.4, -0.2) is 49.1 Å². The zero-order chi connectivity index (χ0) is 31.1. The number of anilines is 2. The Bertz CT molecular complexity index is 1640. The number of ether oxygens (including phenoxy) is 2. The average molecular weight is 620 g/mol. The molecule has 12 heteroatoms. The van der Waals surface area contributed by atoms with E-state index in [1.807, 2.05) is 18.2 Å². The highest BCUT2D eigenvalue weighted by atomic mass is 32.2. The molecule has 2 aromatic heterocycles. The topological polar surface area (TPSA) is 106 Å². The maximum atomic E-state index is 15.1. The first kappa shape index (κ1) is 31.0. The number of rotatable bonds is 12. The molecular formula is C32H31F2N5O4S. The molecule has 0 spiro atoms. The minimum atomic E-state index is -0.682. The van der Waals surface area contributed by atoms with E-state index >= 15 is 4.39 Å². The molecular weight excluding hydrogens is 588 g/mol. The number of nitrogens with one attached hydrogen (secondary N) is 2. The summed E-state index contributed by atoms with van der Waals surface area (Å²) in [6.45, 7) is 1.99. The zero-order valence-electron chi connectivity index (χ0n) is 24.2. The number of aromatic nitrogens is 2. The Morgan fingerprint density at radius 3 is 2.66 bits per heavy atom. The van der Waals surface area contributed by atoms with E-state index in [1.165, 1.54) is 48.3 Å². The Morgan fingerprint density at radius 2 is 1.89 bits per heavy atom. The van der Waals surface area contributed by atoms with Crippen molar-refractivity contribution in [2.75, 3.05) is 37.5 Å². The standard InChI is InChI=1S/C32H31F2N5O4S/c1-39(23-9-6-20(33)7-10-23)31(41)18-30(40)38-21-8-11-27(24(34)16-21)43-28-12-13-36-26-17-29(44-32(26)28)25-5-3-4-22(37-25)19-35-14-15-42-2/h3-13,16,29,35H,14-15,17-19H2,1-2H3,(H,38,40). The van der Waals surface area contributed by atoms with Crippen LogP contribution in [-0.2, 0) is 27.3 Å². The number of methoxy groups -OCH3 is 1. The lowest BCUT2D eigenvalue weighted by atomic mass is 10.1. The van der Waals surface area contributed by atoms with Crippen LogP contribution in [0.5, 0.6) is 11.5 Å². The monoisotopic (exact) mass is 619 g/mol. The molecule has 1 atom stereocenters. The maximum absolute atomic E-state index is 15.1. The first-order chi connectivity index (χ1) is 21.3. The van der Waals surface area contributed by atoms with Gasteiger partial charge in [0.25, 0.3) is 0 Å². The van der Waals surface area contributed by atoms with Gasteiger partial charge in [-0.3, -0.25) is 19.6 Å². The number of hydrogen-bond acceptors (Lipinski definition) is 8. The first-order valence-corrected chi connectivity index (χ1v) is 14.8. The van der Waals surface area contributed by atoms with E-state index in [1.54, 1.807) is 31.1 Å². The van der Waals surface area contributed by atoms with Gasteiger partial charge in [0.15, 0.2) is 11.6 Å². The van der Waals surface area contributed by atoms with E-state index in [0.29, 0.717) is 31.0 Å². The number of fused-ring (bicyclic) bond motifs is 1. The molecule has 0 saturated heterocycles. The Hall–Kier alpha value is -4.39. The van der Waals surface area contributed by atoms with Crippen molar-refractivity contribution in [3.63, 3.8) is 0 Å². The van der Waals surface area contributed by atoms with Gasteiger partial charge in [0.05, 0.1) is 33.8 Å². The number of carbonyl (C=O) groups is 2. The molecule has 0 saturated carbocycles. The second-order valence-electron chi connectivity index (χ2n) is 10.0. The number of hydrogen-bond donors (Lipinski definition) is 2. The molecule has 228 valence electrons. The van der Waals surface area contributed by atoms with Crippen LogP contribution in [0.1, 0.15) is 28.8 Å². The number of carbonyl (C=O) groups excluding carboxylic acids is 2. The summed E-state index contributed by atoms with van der Waals surface area (Å²) in [5.41, 5.74) is 3.33. The second-order valence-corrected chi connectivity index (χ2v) is 11.2. The van der Waals surface area contributed by atoms with Gasteiger partial charge in [-0.1, -0.05) is 6.07 Å². The van der Waals surface area contributed by atoms with Crippen LogP contribution in [0.25, 0.3) is 0 Å². The first-order valence-electron chi connectivity index (χ1n) is 13.9. The van der Waals surface area contributed by atoms with Crippen molar-refractivity contribution in [2.24, 2.45) is 0 Å². The van der Waals surface area contributed by atoms with E-state index in [0.717, 1.165) is 34.6 Å². The van der Waals surface area contributed by atoms with Gasteiger partial charge >= 0.3 is 0 Å². The molecule has 1 unspecified atom stereocenters. The highest BCUT2D eigenvalue weighted by Gasteiger charge is 2.29. The quantitative estimate of drug-likeness (QED) is 0.155. The van der Waals surface area contributed by atoms with E-state index in [4.69, 9.17) is 14.5 Å². The molecule has 1 aliphatic rings. The summed E-state index contributed by atoms with van der Waals surface area (Å²) in [6, 6.07) is 17.0. The fourth-order valence-corrected chi connectivity index (χ4v) is 5.84.